The molecule has 0 amide bonds. The molecule has 0 aromatic rings. The second-order valence-corrected chi connectivity index (χ2v) is 17.5. The maximum Gasteiger partial charge on any atom is 0.126 e. The van der Waals surface area contributed by atoms with Gasteiger partial charge in [-0.2, -0.15) is 5.43 Å². The average Bonchev–Trinajstić information content (AvgIpc) is 4.26. The molecule has 424 valence electrons. The first-order valence-corrected chi connectivity index (χ1v) is 31.4. The molecular formula is C67H147N2+. The molecular weight excluding hydrogens is 833 g/mol. The number of nitrogens with zero attached hydrogens (tertiary/aromatic N) is 1. The molecule has 0 spiro atoms. The molecule has 3 aliphatic rings. The van der Waals surface area contributed by atoms with Gasteiger partial charge in [-0.25, -0.2) is 4.59 Å². The number of hydrogen-bond acceptors (Lipinski definition) is 1. The third kappa shape index (κ3) is 78.3. The first-order valence-electron chi connectivity index (χ1n) is 31.4. The zero-order valence-corrected chi connectivity index (χ0v) is 54.3. The lowest BCUT2D eigenvalue weighted by atomic mass is 9.92. The Kier molecular flexibility index (Phi) is 117. The Morgan fingerprint density at radius 1 is 0.551 bits per heavy atom. The monoisotopic (exact) mass is 980 g/mol. The van der Waals surface area contributed by atoms with E-state index in [1.54, 1.807) is 5.57 Å². The Hall–Kier alpha value is -1.38. The molecule has 69 heavy (non-hydrogen) atoms. The van der Waals surface area contributed by atoms with Gasteiger partial charge in [0, 0.05) is 19.0 Å². The maximum absolute atomic E-state index is 4.22. The molecule has 0 bridgehead atoms. The Bertz CT molecular complexity index is 895. The molecule has 1 fully saturated rings. The summed E-state index contributed by atoms with van der Waals surface area (Å²) in [7, 11) is 2.09. The van der Waals surface area contributed by atoms with Crippen LogP contribution in [0.4, 0.5) is 0 Å². The van der Waals surface area contributed by atoms with E-state index >= 15 is 0 Å². The minimum absolute atomic E-state index is 0.488. The number of quaternary nitrogens is 1. The highest BCUT2D eigenvalue weighted by Gasteiger charge is 2.38. The summed E-state index contributed by atoms with van der Waals surface area (Å²) < 4.78 is 0.914. The molecule has 0 aromatic carbocycles. The van der Waals surface area contributed by atoms with Crippen molar-refractivity contribution in [1.82, 2.24) is 5.43 Å². The van der Waals surface area contributed by atoms with Gasteiger partial charge in [0.1, 0.15) is 19.1 Å². The van der Waals surface area contributed by atoms with E-state index in [-0.39, 0.29) is 0 Å². The van der Waals surface area contributed by atoms with E-state index in [1.165, 1.54) is 173 Å². The van der Waals surface area contributed by atoms with Crippen LogP contribution in [0.25, 0.3) is 0 Å². The molecule has 2 nitrogen and oxygen atoms in total. The number of rotatable bonds is 21. The van der Waals surface area contributed by atoms with E-state index in [1.807, 2.05) is 76.2 Å². The van der Waals surface area contributed by atoms with Gasteiger partial charge in [0.15, 0.2) is 0 Å². The van der Waals surface area contributed by atoms with Gasteiger partial charge in [0.2, 0.25) is 0 Å². The molecule has 1 N–H and O–H groups in total. The highest BCUT2D eigenvalue weighted by atomic mass is 15.7. The Balaban J connectivity index is -0.0000000780. The zero-order chi connectivity index (χ0) is 56.0. The predicted octanol–water partition coefficient (Wildman–Crippen LogP) is 25.4. The molecule has 0 aromatic heterocycles. The van der Waals surface area contributed by atoms with Crippen LogP contribution in [0.2, 0.25) is 0 Å². The first kappa shape index (κ1) is 90.4. The van der Waals surface area contributed by atoms with Gasteiger partial charge in [-0.3, -0.25) is 0 Å². The predicted molar refractivity (Wildman–Crippen MR) is 336 cm³/mol. The summed E-state index contributed by atoms with van der Waals surface area (Å²) in [5.41, 5.74) is 8.68. The molecule has 1 saturated carbocycles. The highest BCUT2D eigenvalue weighted by Crippen LogP contribution is 2.32. The Morgan fingerprint density at radius 2 is 0.899 bits per heavy atom. The third-order valence-electron chi connectivity index (χ3n) is 10.9. The molecule has 2 atom stereocenters. The van der Waals surface area contributed by atoms with E-state index in [0.717, 1.165) is 41.2 Å². The first-order chi connectivity index (χ1) is 33.4. The van der Waals surface area contributed by atoms with Crippen LogP contribution < -0.4 is 5.43 Å². The second kappa shape index (κ2) is 89.5. The van der Waals surface area contributed by atoms with Crippen LogP contribution in [0, 0.1) is 5.92 Å². The van der Waals surface area contributed by atoms with Crippen LogP contribution in [0.1, 0.15) is 346 Å². The van der Waals surface area contributed by atoms with Crippen LogP contribution in [0.15, 0.2) is 59.8 Å². The fraction of sp³-hybridized carbons (Fsp3) is 0.851. The fourth-order valence-electron chi connectivity index (χ4n) is 6.38. The summed E-state index contributed by atoms with van der Waals surface area (Å²) in [5, 5.41) is 0. The van der Waals surface area contributed by atoms with Crippen molar-refractivity contribution in [1.29, 1.82) is 0 Å². The minimum atomic E-state index is 0.488. The van der Waals surface area contributed by atoms with Crippen molar-refractivity contribution in [3.8, 4) is 0 Å². The SMILES string of the molecule is C=C(C)C(=C)C1=CCC[N+](NC)(C(C)C2=CC=CCC2)C1.CC.CC.CC.CC.CC.CCC.CCC.CCC1CC1.CCCC.CCCCC.CCCCC.CCCCCCCCCCCCC. The van der Waals surface area contributed by atoms with Crippen molar-refractivity contribution in [2.75, 3.05) is 20.1 Å². The van der Waals surface area contributed by atoms with Crippen molar-refractivity contribution >= 4 is 0 Å². The van der Waals surface area contributed by atoms with Crippen LogP contribution in [0.3, 0.4) is 0 Å². The van der Waals surface area contributed by atoms with Crippen LogP contribution in [-0.2, 0) is 0 Å². The summed E-state index contributed by atoms with van der Waals surface area (Å²) in [6, 6.07) is 0.488. The topological polar surface area (TPSA) is 12.0 Å². The largest absolute Gasteiger partial charge is 0.236 e. The van der Waals surface area contributed by atoms with E-state index in [0.29, 0.717) is 6.04 Å². The van der Waals surface area contributed by atoms with Crippen LogP contribution in [-0.4, -0.2) is 30.8 Å². The van der Waals surface area contributed by atoms with Crippen molar-refractivity contribution in [3.05, 3.63) is 59.8 Å². The standard InChI is InChI=1S/C19H29N2.C13H28.C5H10.2C5H12.C4H10.2C3H8.5C2H6/c1-15(2)16(3)19-12-9-13-21(14-19,20-5)17(4)18-10-7-6-8-11-18;1-3-5-7-9-11-13-12-10-8-6-4-2;1-2-5-3-4-5;2*1-3-5-4-2;1-3-4-2;2*1-3-2;5*1-2/h6-7,10,12,17,20H,1,3,8-9,11,13-14H2,2,4-5H3;3-13H2,1-2H3;5H,2-4H2,1H3;2*3-5H2,1-2H3;3-4H2,1-2H3;2*3H2,1-2H3;5*1-2H3/q+1;;;;;;;;;;;;. The molecule has 1 aliphatic heterocycles. The molecule has 3 rings (SSSR count). The van der Waals surface area contributed by atoms with Gasteiger partial charge in [-0.1, -0.05) is 356 Å². The number of nitrogens with one attached hydrogen (secondary N) is 1. The molecule has 0 radical (unpaired) electrons. The van der Waals surface area contributed by atoms with Crippen molar-refractivity contribution in [3.63, 3.8) is 0 Å². The summed E-state index contributed by atoms with van der Waals surface area (Å²) in [4.78, 5) is 0. The van der Waals surface area contributed by atoms with Gasteiger partial charge in [0.25, 0.3) is 0 Å². The van der Waals surface area contributed by atoms with E-state index in [9.17, 15) is 0 Å². The lowest BCUT2D eigenvalue weighted by Gasteiger charge is -2.45. The zero-order valence-electron chi connectivity index (χ0n) is 54.3. The van der Waals surface area contributed by atoms with Gasteiger partial charge >= 0.3 is 0 Å². The lowest BCUT2D eigenvalue weighted by Crippen LogP contribution is -2.64. The highest BCUT2D eigenvalue weighted by molar-refractivity contribution is 5.43. The van der Waals surface area contributed by atoms with Crippen molar-refractivity contribution in [2.45, 2.75) is 352 Å². The van der Waals surface area contributed by atoms with Crippen LogP contribution in [0.5, 0.6) is 0 Å². The van der Waals surface area contributed by atoms with E-state index in [4.69, 9.17) is 0 Å². The van der Waals surface area contributed by atoms with Crippen molar-refractivity contribution < 1.29 is 4.59 Å². The number of allylic oxidation sites excluding steroid dienone is 4. The average molecular weight is 981 g/mol. The molecule has 2 aliphatic carbocycles. The molecule has 1 heterocycles. The van der Waals surface area contributed by atoms with Gasteiger partial charge in [-0.05, 0) is 43.8 Å². The normalized spacial score (nSPS) is 14.5. The van der Waals surface area contributed by atoms with E-state index in [2.05, 4.69) is 147 Å². The van der Waals surface area contributed by atoms with Crippen LogP contribution >= 0.6 is 0 Å². The Morgan fingerprint density at radius 3 is 1.12 bits per heavy atom. The summed E-state index contributed by atoms with van der Waals surface area (Å²) >= 11 is 0. The smallest absolute Gasteiger partial charge is 0.126 e. The second-order valence-electron chi connectivity index (χ2n) is 17.5. The summed E-state index contributed by atoms with van der Waals surface area (Å²) in [6.45, 7) is 63.3. The molecule has 2 unspecified atom stereocenters. The lowest BCUT2D eigenvalue weighted by molar-refractivity contribution is -0.980. The quantitative estimate of drug-likeness (QED) is 0.0687. The Labute approximate surface area is 446 Å². The van der Waals surface area contributed by atoms with Gasteiger partial charge < -0.3 is 0 Å². The van der Waals surface area contributed by atoms with Gasteiger partial charge in [-0.15, -0.1) is 0 Å². The summed E-state index contributed by atoms with van der Waals surface area (Å²) in [6.07, 6.45) is 46.2. The third-order valence-corrected chi connectivity index (χ3v) is 10.9. The maximum atomic E-state index is 4.22. The minimum Gasteiger partial charge on any atom is -0.236 e. The van der Waals surface area contributed by atoms with E-state index < -0.39 is 0 Å². The van der Waals surface area contributed by atoms with Gasteiger partial charge in [0.05, 0.1) is 0 Å². The molecule has 2 heteroatoms. The molecule has 0 saturated heterocycles. The number of hydrogen-bond donors (Lipinski definition) is 1. The van der Waals surface area contributed by atoms with Crippen molar-refractivity contribution in [2.24, 2.45) is 5.92 Å². The fourth-order valence-corrected chi connectivity index (χ4v) is 6.38. The number of unbranched alkanes of at least 4 members (excludes halogenated alkanes) is 15. The summed E-state index contributed by atoms with van der Waals surface area (Å²) in [5.74, 6) is 1.13.